The average molecular weight is 203 g/mol. The zero-order valence-corrected chi connectivity index (χ0v) is 8.75. The Bertz CT molecular complexity index is 460. The lowest BCUT2D eigenvalue weighted by Crippen LogP contribution is -2.01. The lowest BCUT2D eigenvalue weighted by atomic mass is 10.1. The second-order valence-corrected chi connectivity index (χ2v) is 3.67. The number of rotatable bonds is 2. The highest BCUT2D eigenvalue weighted by atomic mass is 15.3. The average Bonchev–Trinajstić information content (AvgIpc) is 2.65. The molecule has 0 atom stereocenters. The third-order valence-corrected chi connectivity index (χ3v) is 2.10. The molecule has 78 valence electrons. The Morgan fingerprint density at radius 2 is 2.13 bits per heavy atom. The third-order valence-electron chi connectivity index (χ3n) is 2.10. The van der Waals surface area contributed by atoms with E-state index in [0.717, 1.165) is 11.5 Å². The minimum Gasteiger partial charge on any atom is -0.396 e. The molecule has 0 spiro atoms. The van der Waals surface area contributed by atoms with E-state index in [0.29, 0.717) is 11.6 Å². The van der Waals surface area contributed by atoms with E-state index in [4.69, 9.17) is 5.73 Å². The van der Waals surface area contributed by atoms with E-state index >= 15 is 0 Å². The van der Waals surface area contributed by atoms with Crippen LogP contribution >= 0.6 is 0 Å². The summed E-state index contributed by atoms with van der Waals surface area (Å²) in [6, 6.07) is 1.91. The van der Waals surface area contributed by atoms with Gasteiger partial charge in [-0.2, -0.15) is 5.10 Å². The predicted octanol–water partition coefficient (Wildman–Crippen LogP) is 1.37. The molecule has 0 amide bonds. The summed E-state index contributed by atoms with van der Waals surface area (Å²) >= 11 is 0. The quantitative estimate of drug-likeness (QED) is 0.800. The van der Waals surface area contributed by atoms with Crippen LogP contribution in [-0.4, -0.2) is 19.7 Å². The van der Waals surface area contributed by atoms with Crippen LogP contribution in [0.4, 0.5) is 5.69 Å². The van der Waals surface area contributed by atoms with E-state index in [2.05, 4.69) is 28.9 Å². The molecule has 0 bridgehead atoms. The van der Waals surface area contributed by atoms with Gasteiger partial charge in [-0.05, 0) is 5.92 Å². The second kappa shape index (κ2) is 3.68. The van der Waals surface area contributed by atoms with Crippen LogP contribution in [0.25, 0.3) is 5.82 Å². The molecule has 2 N–H and O–H groups in total. The fraction of sp³-hybridized carbons (Fsp3) is 0.300. The smallest absolute Gasteiger partial charge is 0.157 e. The van der Waals surface area contributed by atoms with Crippen molar-refractivity contribution >= 4 is 5.69 Å². The maximum absolute atomic E-state index is 5.59. The summed E-state index contributed by atoms with van der Waals surface area (Å²) in [6.07, 6.45) is 4.87. The summed E-state index contributed by atoms with van der Waals surface area (Å²) in [5.74, 6) is 1.12. The van der Waals surface area contributed by atoms with E-state index in [-0.39, 0.29) is 0 Å². The van der Waals surface area contributed by atoms with E-state index in [1.54, 1.807) is 23.4 Å². The summed E-state index contributed by atoms with van der Waals surface area (Å²) in [7, 11) is 0. The number of aromatic nitrogens is 4. The highest BCUT2D eigenvalue weighted by Crippen LogP contribution is 2.13. The first-order valence-corrected chi connectivity index (χ1v) is 4.79. The van der Waals surface area contributed by atoms with Crippen LogP contribution in [0, 0.1) is 0 Å². The van der Waals surface area contributed by atoms with Crippen molar-refractivity contribution in [1.82, 2.24) is 19.7 Å². The maximum atomic E-state index is 5.59. The molecule has 2 heterocycles. The van der Waals surface area contributed by atoms with Crippen molar-refractivity contribution in [2.75, 3.05) is 5.73 Å². The molecular weight excluding hydrogens is 190 g/mol. The molecule has 0 aliphatic carbocycles. The summed E-state index contributed by atoms with van der Waals surface area (Å²) in [5, 5.41) is 4.09. The molecule has 2 aromatic heterocycles. The number of nitrogen functional groups attached to an aromatic ring is 1. The van der Waals surface area contributed by atoms with Gasteiger partial charge in [0.05, 0.1) is 18.1 Å². The zero-order chi connectivity index (χ0) is 10.8. The van der Waals surface area contributed by atoms with Crippen LogP contribution in [0.15, 0.2) is 24.8 Å². The highest BCUT2D eigenvalue weighted by molar-refractivity contribution is 5.35. The summed E-state index contributed by atoms with van der Waals surface area (Å²) in [4.78, 5) is 8.33. The van der Waals surface area contributed by atoms with Gasteiger partial charge in [-0.1, -0.05) is 13.8 Å². The molecule has 0 fully saturated rings. The first-order chi connectivity index (χ1) is 7.16. The molecule has 15 heavy (non-hydrogen) atoms. The number of anilines is 1. The van der Waals surface area contributed by atoms with E-state index in [9.17, 15) is 0 Å². The number of hydrogen-bond donors (Lipinski definition) is 1. The maximum Gasteiger partial charge on any atom is 0.157 e. The van der Waals surface area contributed by atoms with Crippen LogP contribution in [0.5, 0.6) is 0 Å². The van der Waals surface area contributed by atoms with Crippen LogP contribution in [0.1, 0.15) is 25.5 Å². The van der Waals surface area contributed by atoms with Gasteiger partial charge in [-0.25, -0.2) is 14.6 Å². The number of hydrogen-bond acceptors (Lipinski definition) is 4. The molecule has 5 heteroatoms. The largest absolute Gasteiger partial charge is 0.396 e. The molecule has 0 saturated carbocycles. The third kappa shape index (κ3) is 1.96. The van der Waals surface area contributed by atoms with E-state index < -0.39 is 0 Å². The minimum absolute atomic E-state index is 0.375. The van der Waals surface area contributed by atoms with Crippen LogP contribution in [0.3, 0.4) is 0 Å². The molecule has 0 radical (unpaired) electrons. The molecule has 2 rings (SSSR count). The number of nitrogens with zero attached hydrogens (tertiary/aromatic N) is 4. The molecule has 0 saturated heterocycles. The Hall–Kier alpha value is -1.91. The Morgan fingerprint density at radius 1 is 1.33 bits per heavy atom. The van der Waals surface area contributed by atoms with Crippen molar-refractivity contribution < 1.29 is 0 Å². The molecule has 0 aromatic carbocycles. The SMILES string of the molecule is CC(C)c1cc(-n2cc(N)cn2)ncn1. The Labute approximate surface area is 88.0 Å². The van der Waals surface area contributed by atoms with Crippen molar-refractivity contribution in [1.29, 1.82) is 0 Å². The van der Waals surface area contributed by atoms with Gasteiger partial charge < -0.3 is 5.73 Å². The molecule has 0 aliphatic rings. The summed E-state index contributed by atoms with van der Waals surface area (Å²) in [6.45, 7) is 4.17. The van der Waals surface area contributed by atoms with Crippen LogP contribution < -0.4 is 5.73 Å². The van der Waals surface area contributed by atoms with Crippen LogP contribution in [0.2, 0.25) is 0 Å². The van der Waals surface area contributed by atoms with Gasteiger partial charge in [0.15, 0.2) is 5.82 Å². The summed E-state index contributed by atoms with van der Waals surface area (Å²) in [5.41, 5.74) is 7.21. The first-order valence-electron chi connectivity index (χ1n) is 4.79. The molecule has 0 unspecified atom stereocenters. The van der Waals surface area contributed by atoms with Crippen molar-refractivity contribution in [3.05, 3.63) is 30.5 Å². The Morgan fingerprint density at radius 3 is 2.73 bits per heavy atom. The molecule has 2 aromatic rings. The molecule has 5 nitrogen and oxygen atoms in total. The highest BCUT2D eigenvalue weighted by Gasteiger charge is 2.05. The Balaban J connectivity index is 2.41. The topological polar surface area (TPSA) is 69.6 Å². The minimum atomic E-state index is 0.375. The zero-order valence-electron chi connectivity index (χ0n) is 8.75. The lowest BCUT2D eigenvalue weighted by molar-refractivity contribution is 0.784. The van der Waals surface area contributed by atoms with Crippen molar-refractivity contribution in [3.63, 3.8) is 0 Å². The van der Waals surface area contributed by atoms with Gasteiger partial charge >= 0.3 is 0 Å². The fourth-order valence-corrected chi connectivity index (χ4v) is 1.26. The molecule has 0 aliphatic heterocycles. The normalized spacial score (nSPS) is 10.9. The Kier molecular flexibility index (Phi) is 2.37. The van der Waals surface area contributed by atoms with Gasteiger partial charge in [0.2, 0.25) is 0 Å². The monoisotopic (exact) mass is 203 g/mol. The number of nitrogens with two attached hydrogens (primary N) is 1. The van der Waals surface area contributed by atoms with Gasteiger partial charge in [0.25, 0.3) is 0 Å². The van der Waals surface area contributed by atoms with Crippen molar-refractivity contribution in [3.8, 4) is 5.82 Å². The predicted molar refractivity (Wildman–Crippen MR) is 57.7 cm³/mol. The first kappa shape index (κ1) is 9.64. The lowest BCUT2D eigenvalue weighted by Gasteiger charge is -2.05. The van der Waals surface area contributed by atoms with Gasteiger partial charge in [-0.15, -0.1) is 0 Å². The van der Waals surface area contributed by atoms with Gasteiger partial charge in [0.1, 0.15) is 6.33 Å². The van der Waals surface area contributed by atoms with Crippen molar-refractivity contribution in [2.45, 2.75) is 19.8 Å². The van der Waals surface area contributed by atoms with Crippen molar-refractivity contribution in [2.24, 2.45) is 0 Å². The van der Waals surface area contributed by atoms with Gasteiger partial charge in [0, 0.05) is 11.8 Å². The standard InChI is InChI=1S/C10H13N5/c1-7(2)9-3-10(13-6-12-9)15-5-8(11)4-14-15/h3-7H,11H2,1-2H3. The molecular formula is C10H13N5. The van der Waals surface area contributed by atoms with Crippen LogP contribution in [-0.2, 0) is 0 Å². The van der Waals surface area contributed by atoms with Gasteiger partial charge in [-0.3, -0.25) is 0 Å². The summed E-state index contributed by atoms with van der Waals surface area (Å²) < 4.78 is 1.64. The fourth-order valence-electron chi connectivity index (χ4n) is 1.26. The second-order valence-electron chi connectivity index (χ2n) is 3.67. The van der Waals surface area contributed by atoms with E-state index in [1.807, 2.05) is 6.07 Å². The van der Waals surface area contributed by atoms with E-state index in [1.165, 1.54) is 0 Å².